The fraction of sp³-hybridized carbons (Fsp3) is 0.467. The summed E-state index contributed by atoms with van der Waals surface area (Å²) in [6.07, 6.45) is 3.20. The fourth-order valence-electron chi connectivity index (χ4n) is 5.49. The minimum absolute atomic E-state index is 0.0544. The molecule has 13 heteroatoms. The van der Waals surface area contributed by atoms with E-state index in [4.69, 9.17) is 9.21 Å². The lowest BCUT2D eigenvalue weighted by Crippen LogP contribution is -2.62. The van der Waals surface area contributed by atoms with Gasteiger partial charge in [0.1, 0.15) is 17.8 Å². The van der Waals surface area contributed by atoms with Gasteiger partial charge < -0.3 is 9.21 Å². The Balaban J connectivity index is 0.00000118. The van der Waals surface area contributed by atoms with Crippen molar-refractivity contribution in [2.45, 2.75) is 64.6 Å². The van der Waals surface area contributed by atoms with E-state index in [1.54, 1.807) is 6.20 Å². The second-order valence-electron chi connectivity index (χ2n) is 11.1. The second-order valence-corrected chi connectivity index (χ2v) is 11.1. The first-order valence-electron chi connectivity index (χ1n) is 14.4. The Kier molecular flexibility index (Phi) is 9.61. The lowest BCUT2D eigenvalue weighted by atomic mass is 9.87. The van der Waals surface area contributed by atoms with Gasteiger partial charge in [-0.3, -0.25) is 14.8 Å². The highest BCUT2D eigenvalue weighted by atomic mass is 19.3. The van der Waals surface area contributed by atoms with Gasteiger partial charge in [-0.05, 0) is 70.3 Å². The van der Waals surface area contributed by atoms with Crippen LogP contribution in [0.15, 0.2) is 47.1 Å². The Morgan fingerprint density at radius 2 is 1.81 bits per heavy atom. The maximum absolute atomic E-state index is 14.8. The normalized spacial score (nSPS) is 16.7. The van der Waals surface area contributed by atoms with Crippen LogP contribution in [0.25, 0.3) is 22.7 Å². The molecule has 1 aromatic carbocycles. The summed E-state index contributed by atoms with van der Waals surface area (Å²) in [5.41, 5.74) is 3.21. The summed E-state index contributed by atoms with van der Waals surface area (Å²) >= 11 is 0. The molecule has 0 bridgehead atoms. The van der Waals surface area contributed by atoms with E-state index >= 15 is 0 Å². The number of rotatable bonds is 8. The predicted octanol–water partition coefficient (Wildman–Crippen LogP) is 4.99. The molecular weight excluding hydrogens is 561 g/mol. The fourth-order valence-corrected chi connectivity index (χ4v) is 5.49. The van der Waals surface area contributed by atoms with Crippen molar-refractivity contribution in [2.24, 2.45) is 0 Å². The first kappa shape index (κ1) is 30.5. The molecule has 43 heavy (non-hydrogen) atoms. The molecule has 4 aromatic rings. The van der Waals surface area contributed by atoms with Gasteiger partial charge in [0.25, 0.3) is 5.89 Å². The molecule has 6 rings (SSSR count). The van der Waals surface area contributed by atoms with Gasteiger partial charge in [-0.15, -0.1) is 15.3 Å². The largest absolute Gasteiger partial charge is 0.415 e. The van der Waals surface area contributed by atoms with Gasteiger partial charge in [-0.25, -0.2) is 9.07 Å². The van der Waals surface area contributed by atoms with E-state index in [9.17, 15) is 13.2 Å². The lowest BCUT2D eigenvalue weighted by molar-refractivity contribution is -0.106. The first-order valence-corrected chi connectivity index (χ1v) is 14.4. The van der Waals surface area contributed by atoms with Crippen molar-refractivity contribution in [2.75, 3.05) is 26.2 Å². The first-order chi connectivity index (χ1) is 20.7. The summed E-state index contributed by atoms with van der Waals surface area (Å²) in [6.45, 7) is 10.6. The molecule has 0 amide bonds. The van der Waals surface area contributed by atoms with Gasteiger partial charge in [-0.1, -0.05) is 23.4 Å². The minimum Gasteiger partial charge on any atom is -0.415 e. The van der Waals surface area contributed by atoms with E-state index in [1.165, 1.54) is 36.5 Å². The summed E-state index contributed by atoms with van der Waals surface area (Å²) in [7, 11) is 0. The number of hydrogen-bond acceptors (Lipinski definition) is 9. The van der Waals surface area contributed by atoms with Gasteiger partial charge >= 0.3 is 6.43 Å². The summed E-state index contributed by atoms with van der Waals surface area (Å²) in [5.74, 6) is -1.17. The third-order valence-corrected chi connectivity index (χ3v) is 7.96. The standard InChI is InChI=1S/C28H31F3N8O.C2H4O/c1-17(2)38-13-22(14-38)37-8-6-18(7-9-37)19-4-3-5-20(10-19)24-15-39(36-33-24)16-25-23(29)11-21(12-32-25)27-34-35-28(40-27)26(30)31;1-2-3/h3-5,10-12,15,17-18,22,26H,6-9,13-14,16H2,1-2H3;2H,1H3. The van der Waals surface area contributed by atoms with Gasteiger partial charge in [0.15, 0.2) is 0 Å². The van der Waals surface area contributed by atoms with E-state index in [1.807, 2.05) is 6.07 Å². The van der Waals surface area contributed by atoms with Crippen LogP contribution in [-0.2, 0) is 11.3 Å². The Labute approximate surface area is 247 Å². The number of carbonyl (C=O) groups excluding carboxylic acids is 1. The molecule has 10 nitrogen and oxygen atoms in total. The van der Waals surface area contributed by atoms with E-state index in [0.29, 0.717) is 23.7 Å². The molecule has 2 aliphatic heterocycles. The van der Waals surface area contributed by atoms with Crippen molar-refractivity contribution in [1.29, 1.82) is 0 Å². The number of aromatic nitrogens is 6. The monoisotopic (exact) mass is 596 g/mol. The smallest absolute Gasteiger partial charge is 0.314 e. The lowest BCUT2D eigenvalue weighted by Gasteiger charge is -2.49. The van der Waals surface area contributed by atoms with Gasteiger partial charge in [0, 0.05) is 36.9 Å². The number of benzene rings is 1. The molecule has 0 spiro atoms. The SMILES string of the molecule is CC(C)N1CC(N2CCC(c3cccc(-c4cn(Cc5ncc(-c6nnc(C(F)F)o6)cc5F)nn4)c3)CC2)C1.CC=O. The Morgan fingerprint density at radius 3 is 2.47 bits per heavy atom. The zero-order chi connectivity index (χ0) is 30.5. The Hall–Kier alpha value is -3.97. The number of aldehydes is 1. The number of hydrogen-bond donors (Lipinski definition) is 0. The van der Waals surface area contributed by atoms with E-state index in [0.717, 1.165) is 43.8 Å². The number of alkyl halides is 2. The molecule has 5 heterocycles. The molecule has 2 aliphatic rings. The van der Waals surface area contributed by atoms with Crippen LogP contribution in [-0.4, -0.2) is 84.5 Å². The van der Waals surface area contributed by atoms with Crippen molar-refractivity contribution in [3.63, 3.8) is 0 Å². The van der Waals surface area contributed by atoms with Crippen LogP contribution in [0, 0.1) is 5.82 Å². The highest BCUT2D eigenvalue weighted by molar-refractivity contribution is 5.59. The van der Waals surface area contributed by atoms with Crippen molar-refractivity contribution < 1.29 is 22.4 Å². The number of carbonyl (C=O) groups is 1. The van der Waals surface area contributed by atoms with E-state index in [-0.39, 0.29) is 23.7 Å². The van der Waals surface area contributed by atoms with Gasteiger partial charge in [0.2, 0.25) is 5.89 Å². The summed E-state index contributed by atoms with van der Waals surface area (Å²) in [6, 6.07) is 10.9. The van der Waals surface area contributed by atoms with Crippen molar-refractivity contribution >= 4 is 6.29 Å². The molecule has 3 aromatic heterocycles. The van der Waals surface area contributed by atoms with Crippen molar-refractivity contribution in [1.82, 2.24) is 40.0 Å². The highest BCUT2D eigenvalue weighted by Gasteiger charge is 2.35. The van der Waals surface area contributed by atoms with Crippen LogP contribution >= 0.6 is 0 Å². The van der Waals surface area contributed by atoms with E-state index < -0.39 is 18.1 Å². The predicted molar refractivity (Wildman–Crippen MR) is 153 cm³/mol. The second kappa shape index (κ2) is 13.6. The molecule has 0 atom stereocenters. The maximum atomic E-state index is 14.8. The number of nitrogens with zero attached hydrogens (tertiary/aromatic N) is 8. The molecule has 2 fully saturated rings. The molecule has 228 valence electrons. The molecular formula is C30H35F3N8O2. The van der Waals surface area contributed by atoms with Gasteiger partial charge in [0.05, 0.1) is 24.0 Å². The molecule has 2 saturated heterocycles. The molecule has 0 unspecified atom stereocenters. The number of likely N-dealkylation sites (tertiary alicyclic amines) is 2. The zero-order valence-corrected chi connectivity index (χ0v) is 24.4. The van der Waals surface area contributed by atoms with E-state index in [2.05, 4.69) is 67.3 Å². The molecule has 0 saturated carbocycles. The average molecular weight is 597 g/mol. The topological polar surface area (TPSA) is 106 Å². The van der Waals surface area contributed by atoms with Crippen LogP contribution in [0.3, 0.4) is 0 Å². The van der Waals surface area contributed by atoms with Crippen LogP contribution in [0.4, 0.5) is 13.2 Å². The summed E-state index contributed by atoms with van der Waals surface area (Å²) < 4.78 is 46.6. The number of piperidine rings is 1. The van der Waals surface area contributed by atoms with Crippen molar-refractivity contribution in [3.05, 3.63) is 65.7 Å². The molecule has 0 aliphatic carbocycles. The Bertz CT molecular complexity index is 1510. The Morgan fingerprint density at radius 1 is 1.07 bits per heavy atom. The number of halogens is 3. The van der Waals surface area contributed by atoms with Crippen LogP contribution in [0.2, 0.25) is 0 Å². The maximum Gasteiger partial charge on any atom is 0.314 e. The average Bonchev–Trinajstić information content (AvgIpc) is 3.65. The highest BCUT2D eigenvalue weighted by Crippen LogP contribution is 2.32. The zero-order valence-electron chi connectivity index (χ0n) is 24.4. The third kappa shape index (κ3) is 7.16. The van der Waals surface area contributed by atoms with Crippen LogP contribution < -0.4 is 0 Å². The molecule has 0 radical (unpaired) electrons. The van der Waals surface area contributed by atoms with Gasteiger partial charge in [-0.2, -0.15) is 8.78 Å². The summed E-state index contributed by atoms with van der Waals surface area (Å²) in [5, 5.41) is 15.3. The third-order valence-electron chi connectivity index (χ3n) is 7.96. The van der Waals surface area contributed by atoms with Crippen molar-refractivity contribution in [3.8, 4) is 22.7 Å². The number of pyridine rings is 1. The van der Waals surface area contributed by atoms with Crippen LogP contribution in [0.1, 0.15) is 63.1 Å². The molecule has 0 N–H and O–H groups in total. The quantitative estimate of drug-likeness (QED) is 0.260. The summed E-state index contributed by atoms with van der Waals surface area (Å²) in [4.78, 5) is 18.1. The van der Waals surface area contributed by atoms with Crippen LogP contribution in [0.5, 0.6) is 0 Å². The minimum atomic E-state index is -2.90.